The first-order valence-corrected chi connectivity index (χ1v) is 6.98. The van der Waals surface area contributed by atoms with Gasteiger partial charge < -0.3 is 4.90 Å². The fraction of sp³-hybridized carbons (Fsp3) is 0.429. The molecule has 1 atom stereocenters. The summed E-state index contributed by atoms with van der Waals surface area (Å²) in [5.41, 5.74) is 0.141. The molecular weight excluding hydrogens is 274 g/mol. The first-order chi connectivity index (χ1) is 10.1. The van der Waals surface area contributed by atoms with Crippen LogP contribution in [0, 0.1) is 10.1 Å². The van der Waals surface area contributed by atoms with Crippen LogP contribution in [0.1, 0.15) is 25.7 Å². The third-order valence-electron chi connectivity index (χ3n) is 3.99. The zero-order valence-electron chi connectivity index (χ0n) is 11.4. The molecule has 2 fully saturated rings. The third kappa shape index (κ3) is 2.24. The van der Waals surface area contributed by atoms with Crippen LogP contribution in [0.4, 0.5) is 16.2 Å². The number of non-ortho nitro benzene ring substituents is 1. The second kappa shape index (κ2) is 5.16. The number of nitro groups is 1. The molecule has 0 aromatic heterocycles. The number of hydrogen-bond acceptors (Lipinski definition) is 4. The van der Waals surface area contributed by atoms with Gasteiger partial charge in [-0.05, 0) is 18.9 Å². The molecule has 0 radical (unpaired) electrons. The summed E-state index contributed by atoms with van der Waals surface area (Å²) < 4.78 is 0. The van der Waals surface area contributed by atoms with Crippen LogP contribution in [-0.4, -0.2) is 34.3 Å². The monoisotopic (exact) mass is 289 g/mol. The molecule has 110 valence electrons. The number of carbonyl (C=O) groups excluding carboxylic acids is 2. The van der Waals surface area contributed by atoms with E-state index in [-0.39, 0.29) is 23.3 Å². The van der Waals surface area contributed by atoms with Crippen molar-refractivity contribution in [2.75, 3.05) is 11.4 Å². The zero-order valence-corrected chi connectivity index (χ0v) is 11.4. The molecule has 1 unspecified atom stereocenters. The van der Waals surface area contributed by atoms with Crippen molar-refractivity contribution in [1.82, 2.24) is 4.90 Å². The van der Waals surface area contributed by atoms with Gasteiger partial charge in [-0.3, -0.25) is 14.9 Å². The van der Waals surface area contributed by atoms with Gasteiger partial charge in [0.1, 0.15) is 6.04 Å². The Morgan fingerprint density at radius 3 is 2.76 bits per heavy atom. The summed E-state index contributed by atoms with van der Waals surface area (Å²) in [6, 6.07) is 4.86. The second-order valence-electron chi connectivity index (χ2n) is 5.29. The average molecular weight is 289 g/mol. The lowest BCUT2D eigenvalue weighted by Gasteiger charge is -2.18. The number of benzene rings is 1. The van der Waals surface area contributed by atoms with Crippen LogP contribution >= 0.6 is 0 Å². The van der Waals surface area contributed by atoms with E-state index in [1.807, 2.05) is 0 Å². The molecule has 1 aromatic rings. The largest absolute Gasteiger partial charge is 0.332 e. The van der Waals surface area contributed by atoms with Gasteiger partial charge in [-0.15, -0.1) is 0 Å². The van der Waals surface area contributed by atoms with Gasteiger partial charge in [-0.1, -0.05) is 18.9 Å². The summed E-state index contributed by atoms with van der Waals surface area (Å²) in [6.45, 7) is 0.570. The number of urea groups is 1. The van der Waals surface area contributed by atoms with Gasteiger partial charge in [-0.25, -0.2) is 9.69 Å². The molecule has 0 saturated carbocycles. The Bertz CT molecular complexity index is 592. The number of nitrogens with zero attached hydrogens (tertiary/aromatic N) is 3. The normalized spacial score (nSPS) is 22.2. The van der Waals surface area contributed by atoms with Crippen LogP contribution in [0.3, 0.4) is 0 Å². The average Bonchev–Trinajstić information content (AvgIpc) is 2.65. The molecule has 21 heavy (non-hydrogen) atoms. The van der Waals surface area contributed by atoms with Gasteiger partial charge in [0.15, 0.2) is 0 Å². The Morgan fingerprint density at radius 2 is 2.00 bits per heavy atom. The van der Waals surface area contributed by atoms with Crippen molar-refractivity contribution in [2.45, 2.75) is 31.7 Å². The van der Waals surface area contributed by atoms with Crippen molar-refractivity contribution in [1.29, 1.82) is 0 Å². The molecule has 0 N–H and O–H groups in total. The number of carbonyl (C=O) groups is 2. The molecule has 2 aliphatic rings. The first kappa shape index (κ1) is 13.5. The van der Waals surface area contributed by atoms with E-state index in [2.05, 4.69) is 0 Å². The smallest absolute Gasteiger partial charge is 0.312 e. The lowest BCUT2D eigenvalue weighted by atomic mass is 10.1. The van der Waals surface area contributed by atoms with Crippen molar-refractivity contribution in [3.8, 4) is 0 Å². The van der Waals surface area contributed by atoms with E-state index in [1.54, 1.807) is 11.0 Å². The van der Waals surface area contributed by atoms with Gasteiger partial charge in [-0.2, -0.15) is 0 Å². The van der Waals surface area contributed by atoms with E-state index < -0.39 is 11.0 Å². The first-order valence-electron chi connectivity index (χ1n) is 6.98. The van der Waals surface area contributed by atoms with Crippen molar-refractivity contribution in [3.63, 3.8) is 0 Å². The maximum atomic E-state index is 12.5. The SMILES string of the molecule is O=C1C2CCCCCN2C(=O)N1c1cccc([N+](=O)[O-])c1. The van der Waals surface area contributed by atoms with E-state index in [4.69, 9.17) is 0 Å². The Balaban J connectivity index is 1.95. The lowest BCUT2D eigenvalue weighted by Crippen LogP contribution is -2.34. The van der Waals surface area contributed by atoms with Crippen LogP contribution < -0.4 is 4.90 Å². The van der Waals surface area contributed by atoms with Crippen molar-refractivity contribution < 1.29 is 14.5 Å². The topological polar surface area (TPSA) is 83.8 Å². The van der Waals surface area contributed by atoms with Gasteiger partial charge in [0, 0.05) is 18.7 Å². The molecule has 0 bridgehead atoms. The maximum absolute atomic E-state index is 12.5. The standard InChI is InChI=1S/C14H15N3O4/c18-13-12-7-2-1-3-8-15(12)14(19)16(13)10-5-4-6-11(9-10)17(20)21/h4-6,9,12H,1-3,7-8H2. The number of amides is 3. The fourth-order valence-corrected chi connectivity index (χ4v) is 2.95. The summed E-state index contributed by atoms with van der Waals surface area (Å²) in [5, 5.41) is 10.8. The second-order valence-corrected chi connectivity index (χ2v) is 5.29. The minimum absolute atomic E-state index is 0.129. The molecule has 0 aliphatic carbocycles. The Morgan fingerprint density at radius 1 is 1.19 bits per heavy atom. The van der Waals surface area contributed by atoms with Gasteiger partial charge >= 0.3 is 6.03 Å². The van der Waals surface area contributed by atoms with Crippen LogP contribution in [0.5, 0.6) is 0 Å². The molecule has 3 rings (SSSR count). The Labute approximate surface area is 121 Å². The van der Waals surface area contributed by atoms with Crippen molar-refractivity contribution in [2.24, 2.45) is 0 Å². The molecule has 1 aromatic carbocycles. The summed E-state index contributed by atoms with van der Waals surface area (Å²) in [7, 11) is 0. The van der Waals surface area contributed by atoms with Gasteiger partial charge in [0.2, 0.25) is 0 Å². The van der Waals surface area contributed by atoms with E-state index >= 15 is 0 Å². The van der Waals surface area contributed by atoms with E-state index in [1.165, 1.54) is 18.2 Å². The summed E-state index contributed by atoms with van der Waals surface area (Å²) in [4.78, 5) is 37.9. The number of rotatable bonds is 2. The molecule has 7 heteroatoms. The quantitative estimate of drug-likeness (QED) is 0.475. The van der Waals surface area contributed by atoms with Crippen LogP contribution in [-0.2, 0) is 4.79 Å². The third-order valence-corrected chi connectivity index (χ3v) is 3.99. The van der Waals surface area contributed by atoms with E-state index in [0.717, 1.165) is 24.2 Å². The number of nitro benzene ring substituents is 1. The number of imide groups is 1. The van der Waals surface area contributed by atoms with E-state index in [9.17, 15) is 19.7 Å². The highest BCUT2D eigenvalue weighted by atomic mass is 16.6. The summed E-state index contributed by atoms with van der Waals surface area (Å²) >= 11 is 0. The molecule has 0 spiro atoms. The number of fused-ring (bicyclic) bond motifs is 1. The van der Waals surface area contributed by atoms with Crippen LogP contribution in [0.25, 0.3) is 0 Å². The lowest BCUT2D eigenvalue weighted by molar-refractivity contribution is -0.384. The minimum atomic E-state index is -0.535. The Kier molecular flexibility index (Phi) is 3.32. The molecule has 7 nitrogen and oxygen atoms in total. The predicted molar refractivity (Wildman–Crippen MR) is 74.9 cm³/mol. The maximum Gasteiger partial charge on any atom is 0.332 e. The van der Waals surface area contributed by atoms with Gasteiger partial charge in [0.05, 0.1) is 10.6 Å². The van der Waals surface area contributed by atoms with Gasteiger partial charge in [0.25, 0.3) is 11.6 Å². The summed E-state index contributed by atoms with van der Waals surface area (Å²) in [5.74, 6) is -0.276. The zero-order chi connectivity index (χ0) is 15.0. The van der Waals surface area contributed by atoms with Crippen molar-refractivity contribution in [3.05, 3.63) is 34.4 Å². The highest BCUT2D eigenvalue weighted by Crippen LogP contribution is 2.31. The highest BCUT2D eigenvalue weighted by molar-refractivity contribution is 6.21. The van der Waals surface area contributed by atoms with Crippen molar-refractivity contribution >= 4 is 23.3 Å². The molecule has 2 heterocycles. The number of hydrogen-bond donors (Lipinski definition) is 0. The predicted octanol–water partition coefficient (Wildman–Crippen LogP) is 2.31. The Hall–Kier alpha value is -2.44. The summed E-state index contributed by atoms with van der Waals surface area (Å²) in [6.07, 6.45) is 3.49. The van der Waals surface area contributed by atoms with Crippen LogP contribution in [0.15, 0.2) is 24.3 Å². The van der Waals surface area contributed by atoms with Crippen LogP contribution in [0.2, 0.25) is 0 Å². The molecular formula is C14H15N3O4. The van der Waals surface area contributed by atoms with E-state index in [0.29, 0.717) is 13.0 Å². The molecule has 2 aliphatic heterocycles. The molecule has 2 saturated heterocycles. The minimum Gasteiger partial charge on any atom is -0.312 e. The molecule has 3 amide bonds. The highest BCUT2D eigenvalue weighted by Gasteiger charge is 2.45. The number of anilines is 1. The fourth-order valence-electron chi connectivity index (χ4n) is 2.95.